The molecule has 1 heterocycles. The lowest BCUT2D eigenvalue weighted by atomic mass is 10.1. The van der Waals surface area contributed by atoms with Gasteiger partial charge >= 0.3 is 0 Å². The Morgan fingerprint density at radius 2 is 2.29 bits per heavy atom. The van der Waals surface area contributed by atoms with Crippen LogP contribution in [0.4, 0.5) is 0 Å². The minimum atomic E-state index is 0.692. The van der Waals surface area contributed by atoms with Crippen LogP contribution >= 0.6 is 0 Å². The molecule has 0 bridgehead atoms. The normalized spacial score (nSPS) is 17.3. The lowest BCUT2D eigenvalue weighted by molar-refractivity contribution is 0.427. The van der Waals surface area contributed by atoms with Crippen LogP contribution in [0, 0.1) is 5.92 Å². The van der Waals surface area contributed by atoms with E-state index < -0.39 is 0 Å². The Morgan fingerprint density at radius 1 is 1.47 bits per heavy atom. The maximum absolute atomic E-state index is 4.34. The van der Waals surface area contributed by atoms with E-state index in [0.29, 0.717) is 6.04 Å². The van der Waals surface area contributed by atoms with E-state index in [1.165, 1.54) is 25.7 Å². The number of rotatable bonds is 8. The summed E-state index contributed by atoms with van der Waals surface area (Å²) < 4.78 is 2.00. The summed E-state index contributed by atoms with van der Waals surface area (Å²) in [5.41, 5.74) is 0. The minimum Gasteiger partial charge on any atom is -0.314 e. The molecule has 0 aliphatic heterocycles. The molecule has 17 heavy (non-hydrogen) atoms. The molecule has 1 aliphatic rings. The highest BCUT2D eigenvalue weighted by Crippen LogP contribution is 2.34. The van der Waals surface area contributed by atoms with E-state index in [1.807, 2.05) is 4.68 Å². The molecule has 2 rings (SSSR count). The van der Waals surface area contributed by atoms with Crippen molar-refractivity contribution in [3.63, 3.8) is 0 Å². The largest absolute Gasteiger partial charge is 0.314 e. The van der Waals surface area contributed by atoms with Crippen LogP contribution in [0.3, 0.4) is 0 Å². The molecule has 1 N–H and O–H groups in total. The predicted molar refractivity (Wildman–Crippen MR) is 68.8 cm³/mol. The fourth-order valence-corrected chi connectivity index (χ4v) is 2.36. The van der Waals surface area contributed by atoms with Crippen LogP contribution in [0.25, 0.3) is 0 Å². The van der Waals surface area contributed by atoms with Crippen molar-refractivity contribution in [3.05, 3.63) is 12.2 Å². The smallest absolute Gasteiger partial charge is 0.138 e. The van der Waals surface area contributed by atoms with Gasteiger partial charge in [0.2, 0.25) is 0 Å². The summed E-state index contributed by atoms with van der Waals surface area (Å²) in [6.07, 6.45) is 7.94. The van der Waals surface area contributed by atoms with Crippen molar-refractivity contribution >= 4 is 0 Å². The van der Waals surface area contributed by atoms with Crippen molar-refractivity contribution < 1.29 is 0 Å². The molecule has 0 saturated heterocycles. The first kappa shape index (κ1) is 12.6. The molecule has 1 aliphatic carbocycles. The van der Waals surface area contributed by atoms with Crippen LogP contribution in [-0.2, 0) is 13.0 Å². The van der Waals surface area contributed by atoms with Crippen molar-refractivity contribution in [1.82, 2.24) is 20.1 Å². The van der Waals surface area contributed by atoms with Crippen LogP contribution in [0.1, 0.15) is 45.4 Å². The molecular weight excluding hydrogens is 212 g/mol. The van der Waals surface area contributed by atoms with E-state index in [-0.39, 0.29) is 0 Å². The zero-order valence-corrected chi connectivity index (χ0v) is 11.0. The van der Waals surface area contributed by atoms with Crippen LogP contribution < -0.4 is 5.32 Å². The predicted octanol–water partition coefficient (Wildman–Crippen LogP) is 2.01. The van der Waals surface area contributed by atoms with Crippen molar-refractivity contribution in [2.75, 3.05) is 6.54 Å². The Bertz CT molecular complexity index is 330. The molecule has 0 radical (unpaired) electrons. The average molecular weight is 236 g/mol. The van der Waals surface area contributed by atoms with Crippen LogP contribution in [0.2, 0.25) is 0 Å². The Balaban J connectivity index is 1.82. The zero-order valence-electron chi connectivity index (χ0n) is 11.0. The molecule has 1 fully saturated rings. The third-order valence-electron chi connectivity index (χ3n) is 3.52. The molecule has 4 nitrogen and oxygen atoms in total. The summed E-state index contributed by atoms with van der Waals surface area (Å²) in [6, 6.07) is 0.692. The van der Waals surface area contributed by atoms with Gasteiger partial charge in [0.1, 0.15) is 12.2 Å². The Hall–Kier alpha value is -0.900. The highest BCUT2D eigenvalue weighted by Gasteiger charge is 2.30. The monoisotopic (exact) mass is 236 g/mol. The SMILES string of the molecule is CCCNC(CCc1ncnn1CC)C1CC1. The second-order valence-corrected chi connectivity index (χ2v) is 4.93. The third kappa shape index (κ3) is 3.53. The number of hydrogen-bond donors (Lipinski definition) is 1. The van der Waals surface area contributed by atoms with Gasteiger partial charge in [0.25, 0.3) is 0 Å². The standard InChI is InChI=1S/C13H24N4/c1-3-9-14-12(11-5-6-11)7-8-13-15-10-16-17(13)4-2/h10-12,14H,3-9H2,1-2H3. The summed E-state index contributed by atoms with van der Waals surface area (Å²) >= 11 is 0. The van der Waals surface area contributed by atoms with E-state index in [0.717, 1.165) is 31.3 Å². The Labute approximate surface area is 104 Å². The van der Waals surface area contributed by atoms with E-state index in [1.54, 1.807) is 6.33 Å². The molecule has 1 saturated carbocycles. The summed E-state index contributed by atoms with van der Waals surface area (Å²) in [7, 11) is 0. The molecule has 1 aromatic heterocycles. The molecule has 0 amide bonds. The fraction of sp³-hybridized carbons (Fsp3) is 0.846. The molecule has 1 atom stereocenters. The van der Waals surface area contributed by atoms with Crippen molar-refractivity contribution in [3.8, 4) is 0 Å². The van der Waals surface area contributed by atoms with Crippen LogP contribution in [-0.4, -0.2) is 27.4 Å². The zero-order chi connectivity index (χ0) is 12.1. The lowest BCUT2D eigenvalue weighted by Crippen LogP contribution is -2.32. The highest BCUT2D eigenvalue weighted by atomic mass is 15.3. The van der Waals surface area contributed by atoms with Gasteiger partial charge in [-0.25, -0.2) is 4.98 Å². The van der Waals surface area contributed by atoms with Crippen molar-refractivity contribution in [2.45, 2.75) is 58.5 Å². The van der Waals surface area contributed by atoms with E-state index in [9.17, 15) is 0 Å². The van der Waals surface area contributed by atoms with Gasteiger partial charge in [-0.05, 0) is 45.1 Å². The second kappa shape index (κ2) is 6.15. The molecule has 1 aromatic rings. The molecule has 4 heteroatoms. The van der Waals surface area contributed by atoms with Crippen LogP contribution in [0.15, 0.2) is 6.33 Å². The minimum absolute atomic E-state index is 0.692. The fourth-order valence-electron chi connectivity index (χ4n) is 2.36. The maximum atomic E-state index is 4.34. The van der Waals surface area contributed by atoms with Crippen molar-refractivity contribution in [2.24, 2.45) is 5.92 Å². The van der Waals surface area contributed by atoms with Gasteiger partial charge in [0, 0.05) is 19.0 Å². The highest BCUT2D eigenvalue weighted by molar-refractivity contribution is 4.91. The Morgan fingerprint density at radius 3 is 2.94 bits per heavy atom. The molecule has 1 unspecified atom stereocenters. The van der Waals surface area contributed by atoms with Crippen molar-refractivity contribution in [1.29, 1.82) is 0 Å². The van der Waals surface area contributed by atoms with Crippen LogP contribution in [0.5, 0.6) is 0 Å². The summed E-state index contributed by atoms with van der Waals surface area (Å²) in [4.78, 5) is 4.34. The Kier molecular flexibility index (Phi) is 4.54. The number of nitrogens with zero attached hydrogens (tertiary/aromatic N) is 3. The molecular formula is C13H24N4. The third-order valence-corrected chi connectivity index (χ3v) is 3.52. The number of hydrogen-bond acceptors (Lipinski definition) is 3. The van der Waals surface area contributed by atoms with E-state index in [2.05, 4.69) is 29.2 Å². The van der Waals surface area contributed by atoms with Gasteiger partial charge in [-0.1, -0.05) is 6.92 Å². The molecule has 0 spiro atoms. The van der Waals surface area contributed by atoms with E-state index in [4.69, 9.17) is 0 Å². The van der Waals surface area contributed by atoms with Gasteiger partial charge in [-0.3, -0.25) is 4.68 Å². The number of aryl methyl sites for hydroxylation is 2. The quantitative estimate of drug-likeness (QED) is 0.751. The van der Waals surface area contributed by atoms with Gasteiger partial charge < -0.3 is 5.32 Å². The van der Waals surface area contributed by atoms with Gasteiger partial charge in [0.05, 0.1) is 0 Å². The van der Waals surface area contributed by atoms with Gasteiger partial charge in [-0.2, -0.15) is 5.10 Å². The summed E-state index contributed by atoms with van der Waals surface area (Å²) in [6.45, 7) is 6.41. The molecule has 96 valence electrons. The summed E-state index contributed by atoms with van der Waals surface area (Å²) in [5, 5.41) is 7.89. The van der Waals surface area contributed by atoms with E-state index >= 15 is 0 Å². The molecule has 0 aromatic carbocycles. The number of nitrogens with one attached hydrogen (secondary N) is 1. The summed E-state index contributed by atoms with van der Waals surface area (Å²) in [5.74, 6) is 2.05. The van der Waals surface area contributed by atoms with Gasteiger partial charge in [-0.15, -0.1) is 0 Å². The first-order chi connectivity index (χ1) is 8.35. The van der Waals surface area contributed by atoms with Gasteiger partial charge in [0.15, 0.2) is 0 Å². The topological polar surface area (TPSA) is 42.7 Å². The maximum Gasteiger partial charge on any atom is 0.138 e. The average Bonchev–Trinajstić information content (AvgIpc) is 3.08. The first-order valence-corrected chi connectivity index (χ1v) is 6.95. The number of aromatic nitrogens is 3. The lowest BCUT2D eigenvalue weighted by Gasteiger charge is -2.17. The first-order valence-electron chi connectivity index (χ1n) is 6.95. The second-order valence-electron chi connectivity index (χ2n) is 4.93.